The SMILES string of the molecule is Cc1cc(NC(=O)NCC(C)(C)N[C@H](C)c2ccccc2)no1. The van der Waals surface area contributed by atoms with E-state index >= 15 is 0 Å². The van der Waals surface area contributed by atoms with Gasteiger partial charge in [-0.1, -0.05) is 35.5 Å². The Morgan fingerprint density at radius 3 is 2.61 bits per heavy atom. The van der Waals surface area contributed by atoms with Gasteiger partial charge in [-0.15, -0.1) is 0 Å². The number of anilines is 1. The summed E-state index contributed by atoms with van der Waals surface area (Å²) in [5.74, 6) is 1.06. The number of benzene rings is 1. The van der Waals surface area contributed by atoms with Crippen molar-refractivity contribution in [3.63, 3.8) is 0 Å². The first-order valence-electron chi connectivity index (χ1n) is 7.66. The Morgan fingerprint density at radius 1 is 1.30 bits per heavy atom. The number of hydrogen-bond donors (Lipinski definition) is 3. The molecule has 6 heteroatoms. The number of carbonyl (C=O) groups excluding carboxylic acids is 1. The van der Waals surface area contributed by atoms with Crippen LogP contribution in [-0.2, 0) is 0 Å². The van der Waals surface area contributed by atoms with Gasteiger partial charge in [-0.3, -0.25) is 5.32 Å². The number of hydrogen-bond acceptors (Lipinski definition) is 4. The summed E-state index contributed by atoms with van der Waals surface area (Å²) in [6.45, 7) is 8.45. The molecule has 23 heavy (non-hydrogen) atoms. The van der Waals surface area contributed by atoms with E-state index in [4.69, 9.17) is 4.52 Å². The van der Waals surface area contributed by atoms with Crippen LogP contribution in [0, 0.1) is 6.92 Å². The van der Waals surface area contributed by atoms with Gasteiger partial charge in [0.25, 0.3) is 0 Å². The average molecular weight is 316 g/mol. The molecule has 1 aromatic heterocycles. The predicted octanol–water partition coefficient (Wildman–Crippen LogP) is 3.23. The van der Waals surface area contributed by atoms with Gasteiger partial charge in [-0.25, -0.2) is 4.79 Å². The molecule has 2 aromatic rings. The van der Waals surface area contributed by atoms with E-state index in [0.29, 0.717) is 18.1 Å². The lowest BCUT2D eigenvalue weighted by molar-refractivity contribution is 0.245. The third-order valence-electron chi connectivity index (χ3n) is 3.47. The van der Waals surface area contributed by atoms with Crippen molar-refractivity contribution >= 4 is 11.8 Å². The number of urea groups is 1. The Labute approximate surface area is 136 Å². The third kappa shape index (κ3) is 5.41. The van der Waals surface area contributed by atoms with Crippen LogP contribution in [0.5, 0.6) is 0 Å². The number of amides is 2. The molecule has 1 heterocycles. The van der Waals surface area contributed by atoms with Crippen LogP contribution in [0.15, 0.2) is 40.9 Å². The van der Waals surface area contributed by atoms with Crippen molar-refractivity contribution in [3.05, 3.63) is 47.7 Å². The van der Waals surface area contributed by atoms with Crippen molar-refractivity contribution in [1.29, 1.82) is 0 Å². The molecule has 1 atom stereocenters. The summed E-state index contributed by atoms with van der Waals surface area (Å²) < 4.78 is 4.91. The van der Waals surface area contributed by atoms with Gasteiger partial charge < -0.3 is 15.2 Å². The maximum absolute atomic E-state index is 11.9. The molecule has 2 rings (SSSR count). The molecule has 0 bridgehead atoms. The Bertz CT molecular complexity index is 637. The molecule has 0 saturated heterocycles. The molecule has 6 nitrogen and oxygen atoms in total. The van der Waals surface area contributed by atoms with Gasteiger partial charge in [0.2, 0.25) is 0 Å². The normalized spacial score (nSPS) is 12.7. The number of aryl methyl sites for hydroxylation is 1. The van der Waals surface area contributed by atoms with Crippen molar-refractivity contribution < 1.29 is 9.32 Å². The second-order valence-electron chi connectivity index (χ2n) is 6.29. The molecular weight excluding hydrogens is 292 g/mol. The lowest BCUT2D eigenvalue weighted by atomic mass is 10.0. The highest BCUT2D eigenvalue weighted by molar-refractivity contribution is 5.88. The molecule has 0 fully saturated rings. The summed E-state index contributed by atoms with van der Waals surface area (Å²) >= 11 is 0. The van der Waals surface area contributed by atoms with E-state index in [1.54, 1.807) is 13.0 Å². The lowest BCUT2D eigenvalue weighted by Gasteiger charge is -2.30. The highest BCUT2D eigenvalue weighted by Crippen LogP contribution is 2.15. The van der Waals surface area contributed by atoms with Crippen LogP contribution in [0.2, 0.25) is 0 Å². The van der Waals surface area contributed by atoms with Gasteiger partial charge in [-0.2, -0.15) is 0 Å². The van der Waals surface area contributed by atoms with E-state index < -0.39 is 0 Å². The summed E-state index contributed by atoms with van der Waals surface area (Å²) in [5, 5.41) is 12.7. The highest BCUT2D eigenvalue weighted by Gasteiger charge is 2.21. The fourth-order valence-electron chi connectivity index (χ4n) is 2.35. The Kier molecular flexibility index (Phi) is 5.39. The second-order valence-corrected chi connectivity index (χ2v) is 6.29. The lowest BCUT2D eigenvalue weighted by Crippen LogP contribution is -2.50. The fourth-order valence-corrected chi connectivity index (χ4v) is 2.35. The first kappa shape index (κ1) is 17.0. The van der Waals surface area contributed by atoms with Crippen LogP contribution in [0.25, 0.3) is 0 Å². The monoisotopic (exact) mass is 316 g/mol. The molecule has 0 saturated carbocycles. The number of rotatable bonds is 6. The quantitative estimate of drug-likeness (QED) is 0.764. The zero-order chi connectivity index (χ0) is 16.9. The summed E-state index contributed by atoms with van der Waals surface area (Å²) in [4.78, 5) is 11.9. The third-order valence-corrected chi connectivity index (χ3v) is 3.47. The summed E-state index contributed by atoms with van der Waals surface area (Å²) in [6.07, 6.45) is 0. The molecule has 3 N–H and O–H groups in total. The minimum atomic E-state index is -0.305. The van der Waals surface area contributed by atoms with Crippen molar-refractivity contribution in [1.82, 2.24) is 15.8 Å². The van der Waals surface area contributed by atoms with E-state index in [9.17, 15) is 4.79 Å². The van der Waals surface area contributed by atoms with Crippen molar-refractivity contribution in [3.8, 4) is 0 Å². The summed E-state index contributed by atoms with van der Waals surface area (Å²) in [7, 11) is 0. The molecule has 2 amide bonds. The van der Waals surface area contributed by atoms with Gasteiger partial charge in [0.15, 0.2) is 5.82 Å². The first-order chi connectivity index (χ1) is 10.9. The smallest absolute Gasteiger partial charge is 0.320 e. The van der Waals surface area contributed by atoms with E-state index in [1.807, 2.05) is 32.0 Å². The number of nitrogens with one attached hydrogen (secondary N) is 3. The minimum absolute atomic E-state index is 0.189. The van der Waals surface area contributed by atoms with Crippen LogP contribution in [0.4, 0.5) is 10.6 Å². The van der Waals surface area contributed by atoms with Gasteiger partial charge in [0.05, 0.1) is 0 Å². The Balaban J connectivity index is 1.82. The number of nitrogens with zero attached hydrogens (tertiary/aromatic N) is 1. The first-order valence-corrected chi connectivity index (χ1v) is 7.66. The van der Waals surface area contributed by atoms with Crippen molar-refractivity contribution in [2.24, 2.45) is 0 Å². The van der Waals surface area contributed by atoms with Gasteiger partial charge in [-0.05, 0) is 33.3 Å². The molecule has 0 spiro atoms. The molecule has 1 aromatic carbocycles. The summed E-state index contributed by atoms with van der Waals surface area (Å²) in [6, 6.07) is 11.8. The van der Waals surface area contributed by atoms with Crippen LogP contribution in [-0.4, -0.2) is 23.3 Å². The standard InChI is InChI=1S/C17H24N4O2/c1-12-10-15(21-23-12)19-16(22)18-11-17(3,4)20-13(2)14-8-6-5-7-9-14/h5-10,13,20H,11H2,1-4H3,(H2,18,19,21,22)/t13-/m1/s1. The largest absolute Gasteiger partial charge is 0.360 e. The van der Waals surface area contributed by atoms with E-state index in [-0.39, 0.29) is 17.6 Å². The topological polar surface area (TPSA) is 79.2 Å². The Morgan fingerprint density at radius 2 is 2.00 bits per heavy atom. The molecule has 0 radical (unpaired) electrons. The average Bonchev–Trinajstić information content (AvgIpc) is 2.91. The number of carbonyl (C=O) groups is 1. The summed E-state index contributed by atoms with van der Waals surface area (Å²) in [5.41, 5.74) is 0.954. The van der Waals surface area contributed by atoms with Crippen LogP contribution in [0.1, 0.15) is 38.1 Å². The van der Waals surface area contributed by atoms with E-state index in [1.165, 1.54) is 5.56 Å². The fraction of sp³-hybridized carbons (Fsp3) is 0.412. The van der Waals surface area contributed by atoms with Crippen molar-refractivity contribution in [2.75, 3.05) is 11.9 Å². The zero-order valence-electron chi connectivity index (χ0n) is 14.0. The zero-order valence-corrected chi connectivity index (χ0v) is 14.0. The van der Waals surface area contributed by atoms with Crippen LogP contribution >= 0.6 is 0 Å². The molecule has 0 aliphatic rings. The minimum Gasteiger partial charge on any atom is -0.360 e. The Hall–Kier alpha value is -2.34. The van der Waals surface area contributed by atoms with Crippen LogP contribution < -0.4 is 16.0 Å². The number of aromatic nitrogens is 1. The van der Waals surface area contributed by atoms with Crippen LogP contribution in [0.3, 0.4) is 0 Å². The molecule has 124 valence electrons. The molecule has 0 aliphatic heterocycles. The molecular formula is C17H24N4O2. The predicted molar refractivity (Wildman–Crippen MR) is 90.3 cm³/mol. The maximum atomic E-state index is 11.9. The highest BCUT2D eigenvalue weighted by atomic mass is 16.5. The van der Waals surface area contributed by atoms with Crippen molar-refractivity contribution in [2.45, 2.75) is 39.3 Å². The molecule has 0 aliphatic carbocycles. The second kappa shape index (κ2) is 7.28. The maximum Gasteiger partial charge on any atom is 0.320 e. The molecule has 0 unspecified atom stereocenters. The van der Waals surface area contributed by atoms with Gasteiger partial charge in [0, 0.05) is 24.2 Å². The van der Waals surface area contributed by atoms with Gasteiger partial charge in [0.1, 0.15) is 5.76 Å². The van der Waals surface area contributed by atoms with E-state index in [2.05, 4.69) is 40.2 Å². The van der Waals surface area contributed by atoms with Gasteiger partial charge >= 0.3 is 6.03 Å². The van der Waals surface area contributed by atoms with E-state index in [0.717, 1.165) is 0 Å².